The first-order chi connectivity index (χ1) is 9.97. The standard InChI is InChI=1S/C14H16F3N3O/c1-2-3-8-20-13(12(9-21)18-19-20)10-4-6-11(7-5-10)14(15,16)17/h4-7,21H,2-3,8-9H2,1H3. The van der Waals surface area contributed by atoms with Crippen LogP contribution in [0.15, 0.2) is 24.3 Å². The largest absolute Gasteiger partial charge is 0.416 e. The number of hydrogen-bond acceptors (Lipinski definition) is 3. The molecule has 0 unspecified atom stereocenters. The summed E-state index contributed by atoms with van der Waals surface area (Å²) in [6.07, 6.45) is -2.53. The molecule has 2 aromatic rings. The Morgan fingerprint density at radius 3 is 2.38 bits per heavy atom. The quantitative estimate of drug-likeness (QED) is 0.922. The van der Waals surface area contributed by atoms with Crippen molar-refractivity contribution < 1.29 is 18.3 Å². The Morgan fingerprint density at radius 2 is 1.86 bits per heavy atom. The van der Waals surface area contributed by atoms with Crippen molar-refractivity contribution in [1.29, 1.82) is 0 Å². The van der Waals surface area contributed by atoms with E-state index in [0.29, 0.717) is 23.5 Å². The summed E-state index contributed by atoms with van der Waals surface area (Å²) in [6.45, 7) is 2.34. The lowest BCUT2D eigenvalue weighted by atomic mass is 10.1. The fourth-order valence-corrected chi connectivity index (χ4v) is 2.05. The van der Waals surface area contributed by atoms with E-state index in [-0.39, 0.29) is 6.61 Å². The van der Waals surface area contributed by atoms with Crippen molar-refractivity contribution >= 4 is 0 Å². The second-order valence-electron chi connectivity index (χ2n) is 4.69. The van der Waals surface area contributed by atoms with Crippen LogP contribution in [0.1, 0.15) is 31.0 Å². The third kappa shape index (κ3) is 3.41. The number of rotatable bonds is 5. The number of aliphatic hydroxyl groups is 1. The van der Waals surface area contributed by atoms with Gasteiger partial charge in [0.25, 0.3) is 0 Å². The fourth-order valence-electron chi connectivity index (χ4n) is 2.05. The summed E-state index contributed by atoms with van der Waals surface area (Å²) < 4.78 is 39.4. The Morgan fingerprint density at radius 1 is 1.19 bits per heavy atom. The Labute approximate surface area is 120 Å². The van der Waals surface area contributed by atoms with Gasteiger partial charge in [-0.1, -0.05) is 30.7 Å². The van der Waals surface area contributed by atoms with Crippen molar-refractivity contribution in [3.8, 4) is 11.3 Å². The van der Waals surface area contributed by atoms with Crippen LogP contribution in [0.5, 0.6) is 0 Å². The van der Waals surface area contributed by atoms with Crippen LogP contribution in [0.3, 0.4) is 0 Å². The van der Waals surface area contributed by atoms with Gasteiger partial charge in [0.05, 0.1) is 17.9 Å². The molecule has 0 bridgehead atoms. The number of benzene rings is 1. The molecule has 7 heteroatoms. The summed E-state index contributed by atoms with van der Waals surface area (Å²) in [5, 5.41) is 17.1. The molecule has 0 aliphatic rings. The molecule has 0 saturated heterocycles. The SMILES string of the molecule is CCCCn1nnc(CO)c1-c1ccc(C(F)(F)F)cc1. The second kappa shape index (κ2) is 6.26. The molecule has 0 amide bonds. The molecular formula is C14H16F3N3O. The third-order valence-corrected chi connectivity index (χ3v) is 3.16. The van der Waals surface area contributed by atoms with E-state index in [1.807, 2.05) is 6.92 Å². The predicted molar refractivity (Wildman–Crippen MR) is 71.3 cm³/mol. The first-order valence-electron chi connectivity index (χ1n) is 6.68. The van der Waals surface area contributed by atoms with Gasteiger partial charge in [-0.25, -0.2) is 4.68 Å². The lowest BCUT2D eigenvalue weighted by Crippen LogP contribution is -2.06. The summed E-state index contributed by atoms with van der Waals surface area (Å²) >= 11 is 0. The van der Waals surface area contributed by atoms with Crippen molar-refractivity contribution in [3.05, 3.63) is 35.5 Å². The highest BCUT2D eigenvalue weighted by atomic mass is 19.4. The smallest absolute Gasteiger partial charge is 0.390 e. The molecule has 114 valence electrons. The zero-order chi connectivity index (χ0) is 15.5. The Kier molecular flexibility index (Phi) is 4.62. The van der Waals surface area contributed by atoms with Crippen molar-refractivity contribution in [3.63, 3.8) is 0 Å². The molecule has 0 saturated carbocycles. The Hall–Kier alpha value is -1.89. The first kappa shape index (κ1) is 15.5. The number of alkyl halides is 3. The van der Waals surface area contributed by atoms with E-state index >= 15 is 0 Å². The van der Waals surface area contributed by atoms with E-state index in [9.17, 15) is 18.3 Å². The molecule has 21 heavy (non-hydrogen) atoms. The summed E-state index contributed by atoms with van der Waals surface area (Å²) in [7, 11) is 0. The van der Waals surface area contributed by atoms with Crippen LogP contribution in [0.25, 0.3) is 11.3 Å². The molecule has 1 heterocycles. The minimum absolute atomic E-state index is 0.303. The summed E-state index contributed by atoms with van der Waals surface area (Å²) in [6, 6.07) is 4.80. The molecule has 0 spiro atoms. The number of unbranched alkanes of at least 4 members (excludes halogenated alkanes) is 1. The zero-order valence-electron chi connectivity index (χ0n) is 11.6. The fraction of sp³-hybridized carbons (Fsp3) is 0.429. The van der Waals surface area contributed by atoms with Gasteiger partial charge in [0.2, 0.25) is 0 Å². The molecule has 4 nitrogen and oxygen atoms in total. The van der Waals surface area contributed by atoms with Gasteiger partial charge in [-0.15, -0.1) is 5.10 Å². The van der Waals surface area contributed by atoms with Gasteiger partial charge in [0.1, 0.15) is 5.69 Å². The Balaban J connectivity index is 2.38. The van der Waals surface area contributed by atoms with E-state index < -0.39 is 11.7 Å². The maximum atomic E-state index is 12.6. The second-order valence-corrected chi connectivity index (χ2v) is 4.69. The molecule has 0 aliphatic carbocycles. The van der Waals surface area contributed by atoms with Crippen molar-refractivity contribution in [2.75, 3.05) is 0 Å². The van der Waals surface area contributed by atoms with Crippen LogP contribution in [-0.2, 0) is 19.3 Å². The van der Waals surface area contributed by atoms with Crippen LogP contribution in [0, 0.1) is 0 Å². The zero-order valence-corrected chi connectivity index (χ0v) is 11.6. The predicted octanol–water partition coefficient (Wildman–Crippen LogP) is 3.26. The molecule has 0 atom stereocenters. The van der Waals surface area contributed by atoms with E-state index in [1.165, 1.54) is 12.1 Å². The van der Waals surface area contributed by atoms with Gasteiger partial charge < -0.3 is 5.11 Å². The van der Waals surface area contributed by atoms with Crippen molar-refractivity contribution in [2.45, 2.75) is 39.1 Å². The average Bonchev–Trinajstić information content (AvgIpc) is 2.87. The lowest BCUT2D eigenvalue weighted by Gasteiger charge is -2.10. The molecule has 0 radical (unpaired) electrons. The normalized spacial score (nSPS) is 11.9. The van der Waals surface area contributed by atoms with Crippen molar-refractivity contribution in [1.82, 2.24) is 15.0 Å². The summed E-state index contributed by atoms with van der Waals surface area (Å²) in [4.78, 5) is 0. The van der Waals surface area contributed by atoms with Crippen LogP contribution in [-0.4, -0.2) is 20.1 Å². The first-order valence-corrected chi connectivity index (χ1v) is 6.68. The molecule has 2 rings (SSSR count). The average molecular weight is 299 g/mol. The Bertz CT molecular complexity index is 591. The summed E-state index contributed by atoms with van der Waals surface area (Å²) in [5.74, 6) is 0. The number of aliphatic hydroxyl groups excluding tert-OH is 1. The van der Waals surface area contributed by atoms with E-state index in [2.05, 4.69) is 10.3 Å². The maximum absolute atomic E-state index is 12.6. The van der Waals surface area contributed by atoms with Gasteiger partial charge in [-0.05, 0) is 18.6 Å². The number of aromatic nitrogens is 3. The van der Waals surface area contributed by atoms with E-state index in [4.69, 9.17) is 0 Å². The van der Waals surface area contributed by atoms with Gasteiger partial charge >= 0.3 is 6.18 Å². The highest BCUT2D eigenvalue weighted by Crippen LogP contribution is 2.31. The van der Waals surface area contributed by atoms with Gasteiger partial charge in [-0.2, -0.15) is 13.2 Å². The monoisotopic (exact) mass is 299 g/mol. The molecule has 0 fully saturated rings. The molecule has 1 N–H and O–H groups in total. The van der Waals surface area contributed by atoms with Crippen LogP contribution in [0.2, 0.25) is 0 Å². The molecule has 1 aromatic heterocycles. The van der Waals surface area contributed by atoms with Crippen LogP contribution >= 0.6 is 0 Å². The van der Waals surface area contributed by atoms with E-state index in [1.54, 1.807) is 4.68 Å². The lowest BCUT2D eigenvalue weighted by molar-refractivity contribution is -0.137. The van der Waals surface area contributed by atoms with Crippen LogP contribution < -0.4 is 0 Å². The minimum Gasteiger partial charge on any atom is -0.390 e. The van der Waals surface area contributed by atoms with E-state index in [0.717, 1.165) is 25.0 Å². The molecule has 1 aromatic carbocycles. The van der Waals surface area contributed by atoms with Crippen molar-refractivity contribution in [2.24, 2.45) is 0 Å². The number of halogens is 3. The van der Waals surface area contributed by atoms with Gasteiger partial charge in [0, 0.05) is 12.1 Å². The maximum Gasteiger partial charge on any atom is 0.416 e. The van der Waals surface area contributed by atoms with Gasteiger partial charge in [0.15, 0.2) is 0 Å². The highest BCUT2D eigenvalue weighted by molar-refractivity contribution is 5.62. The topological polar surface area (TPSA) is 50.9 Å². The number of hydrogen-bond donors (Lipinski definition) is 1. The molecular weight excluding hydrogens is 283 g/mol. The highest BCUT2D eigenvalue weighted by Gasteiger charge is 2.30. The minimum atomic E-state index is -4.36. The third-order valence-electron chi connectivity index (χ3n) is 3.16. The summed E-state index contributed by atoms with van der Waals surface area (Å²) in [5.41, 5.74) is 0.795. The molecule has 0 aliphatic heterocycles. The number of nitrogens with zero attached hydrogens (tertiary/aromatic N) is 3. The van der Waals surface area contributed by atoms with Crippen LogP contribution in [0.4, 0.5) is 13.2 Å². The van der Waals surface area contributed by atoms with Gasteiger partial charge in [-0.3, -0.25) is 0 Å². The number of aryl methyl sites for hydroxylation is 1.